The van der Waals surface area contributed by atoms with Gasteiger partial charge in [0.25, 0.3) is 5.91 Å². The van der Waals surface area contributed by atoms with E-state index in [0.29, 0.717) is 36.0 Å². The molecule has 0 aliphatic carbocycles. The maximum atomic E-state index is 14.5. The number of ether oxygens (including phenoxy) is 3. The summed E-state index contributed by atoms with van der Waals surface area (Å²) in [5.41, 5.74) is 1.20. The molecule has 1 aliphatic heterocycles. The molecule has 0 aromatic heterocycles. The Morgan fingerprint density at radius 3 is 2.50 bits per heavy atom. The standard InChI is InChI=1S/C25H26FNO5/c1-5-13-32-21-12-11-17(15-22(21)31-6-2)14-18-23(25(29)30-4)16(3)27(24(18)28)20-10-8-7-9-19(20)26/h7-12,14-15H,5-6,13H2,1-4H3. The lowest BCUT2D eigenvalue weighted by molar-refractivity contribution is -0.136. The van der Waals surface area contributed by atoms with Gasteiger partial charge < -0.3 is 14.2 Å². The molecule has 168 valence electrons. The first-order chi connectivity index (χ1) is 15.4. The van der Waals surface area contributed by atoms with Gasteiger partial charge in [0, 0.05) is 5.70 Å². The van der Waals surface area contributed by atoms with E-state index in [1.54, 1.807) is 37.3 Å². The minimum atomic E-state index is -0.672. The molecule has 0 saturated carbocycles. The second-order valence-electron chi connectivity index (χ2n) is 7.09. The predicted molar refractivity (Wildman–Crippen MR) is 120 cm³/mol. The molecule has 1 heterocycles. The highest BCUT2D eigenvalue weighted by Crippen LogP contribution is 2.37. The summed E-state index contributed by atoms with van der Waals surface area (Å²) in [7, 11) is 1.24. The number of anilines is 1. The average Bonchev–Trinajstić information content (AvgIpc) is 3.02. The van der Waals surface area contributed by atoms with Gasteiger partial charge in [-0.3, -0.25) is 9.69 Å². The van der Waals surface area contributed by atoms with E-state index in [1.807, 2.05) is 13.8 Å². The van der Waals surface area contributed by atoms with Crippen LogP contribution in [0, 0.1) is 5.82 Å². The third kappa shape index (κ3) is 4.51. The van der Waals surface area contributed by atoms with E-state index in [-0.39, 0.29) is 16.8 Å². The van der Waals surface area contributed by atoms with E-state index in [9.17, 15) is 14.0 Å². The van der Waals surface area contributed by atoms with Gasteiger partial charge in [0.2, 0.25) is 0 Å². The van der Waals surface area contributed by atoms with Crippen molar-refractivity contribution in [3.63, 3.8) is 0 Å². The number of hydrogen-bond donors (Lipinski definition) is 0. The van der Waals surface area contributed by atoms with E-state index in [0.717, 1.165) is 6.42 Å². The quantitative estimate of drug-likeness (QED) is 0.433. The molecule has 2 aromatic rings. The highest BCUT2D eigenvalue weighted by atomic mass is 19.1. The number of esters is 1. The fourth-order valence-corrected chi connectivity index (χ4v) is 3.48. The summed E-state index contributed by atoms with van der Waals surface area (Å²) < 4.78 is 30.8. The van der Waals surface area contributed by atoms with Gasteiger partial charge in [-0.15, -0.1) is 0 Å². The lowest BCUT2D eigenvalue weighted by atomic mass is 10.0. The molecule has 0 saturated heterocycles. The molecule has 3 rings (SSSR count). The van der Waals surface area contributed by atoms with Gasteiger partial charge in [-0.05, 0) is 56.2 Å². The highest BCUT2D eigenvalue weighted by Gasteiger charge is 2.38. The summed E-state index contributed by atoms with van der Waals surface area (Å²) in [5, 5.41) is 0. The molecule has 1 amide bonds. The second kappa shape index (κ2) is 10.1. The van der Waals surface area contributed by atoms with Crippen LogP contribution in [-0.4, -0.2) is 32.2 Å². The minimum absolute atomic E-state index is 0.0677. The Bertz CT molecular complexity index is 1090. The van der Waals surface area contributed by atoms with Crippen LogP contribution in [0.3, 0.4) is 0 Å². The molecule has 0 fully saturated rings. The molecule has 0 radical (unpaired) electrons. The summed E-state index contributed by atoms with van der Waals surface area (Å²) in [6.07, 6.45) is 2.43. The molecule has 0 spiro atoms. The van der Waals surface area contributed by atoms with Crippen LogP contribution in [0.1, 0.15) is 32.8 Å². The summed E-state index contributed by atoms with van der Waals surface area (Å²) in [6, 6.07) is 11.2. The molecule has 1 aliphatic rings. The van der Waals surface area contributed by atoms with Crippen LogP contribution in [0.25, 0.3) is 6.08 Å². The summed E-state index contributed by atoms with van der Waals surface area (Å²) in [5.74, 6) is -0.624. The Hall–Kier alpha value is -3.61. The van der Waals surface area contributed by atoms with Gasteiger partial charge in [-0.1, -0.05) is 25.1 Å². The molecular weight excluding hydrogens is 413 g/mol. The Balaban J connectivity index is 2.09. The Morgan fingerprint density at radius 2 is 1.84 bits per heavy atom. The largest absolute Gasteiger partial charge is 0.490 e. The third-order valence-corrected chi connectivity index (χ3v) is 4.92. The third-order valence-electron chi connectivity index (χ3n) is 4.92. The van der Waals surface area contributed by atoms with E-state index < -0.39 is 17.7 Å². The lowest BCUT2D eigenvalue weighted by Gasteiger charge is -2.18. The lowest BCUT2D eigenvalue weighted by Crippen LogP contribution is -2.25. The molecule has 7 heteroatoms. The number of carbonyl (C=O) groups is 2. The van der Waals surface area contributed by atoms with Crippen LogP contribution >= 0.6 is 0 Å². The maximum absolute atomic E-state index is 14.5. The average molecular weight is 439 g/mol. The van der Waals surface area contributed by atoms with E-state index in [2.05, 4.69) is 0 Å². The van der Waals surface area contributed by atoms with Crippen molar-refractivity contribution in [1.29, 1.82) is 0 Å². The van der Waals surface area contributed by atoms with Crippen molar-refractivity contribution < 1.29 is 28.2 Å². The maximum Gasteiger partial charge on any atom is 0.340 e. The molecule has 0 bridgehead atoms. The second-order valence-corrected chi connectivity index (χ2v) is 7.09. The monoisotopic (exact) mass is 439 g/mol. The van der Waals surface area contributed by atoms with E-state index in [4.69, 9.17) is 14.2 Å². The van der Waals surface area contributed by atoms with Crippen LogP contribution in [0.5, 0.6) is 11.5 Å². The first-order valence-corrected chi connectivity index (χ1v) is 10.4. The number of amides is 1. The van der Waals surface area contributed by atoms with Crippen LogP contribution in [-0.2, 0) is 14.3 Å². The van der Waals surface area contributed by atoms with Gasteiger partial charge in [-0.25, -0.2) is 9.18 Å². The van der Waals surface area contributed by atoms with Gasteiger partial charge >= 0.3 is 5.97 Å². The Morgan fingerprint density at radius 1 is 1.09 bits per heavy atom. The van der Waals surface area contributed by atoms with Crippen molar-refractivity contribution in [2.24, 2.45) is 0 Å². The molecule has 0 unspecified atom stereocenters. The molecule has 2 aromatic carbocycles. The van der Waals surface area contributed by atoms with Gasteiger partial charge in [0.1, 0.15) is 5.82 Å². The first kappa shape index (κ1) is 23.1. The molecule has 0 N–H and O–H groups in total. The predicted octanol–water partition coefficient (Wildman–Crippen LogP) is 4.89. The normalized spacial score (nSPS) is 14.8. The SMILES string of the molecule is CCCOc1ccc(C=C2C(=O)N(c3ccccc3F)C(C)=C2C(=O)OC)cc1OCC. The van der Waals surface area contributed by atoms with Crippen molar-refractivity contribution in [2.75, 3.05) is 25.2 Å². The zero-order valence-corrected chi connectivity index (χ0v) is 18.6. The highest BCUT2D eigenvalue weighted by molar-refractivity contribution is 6.23. The number of allylic oxidation sites excluding steroid dienone is 1. The number of halogens is 1. The van der Waals surface area contributed by atoms with Crippen molar-refractivity contribution in [1.82, 2.24) is 0 Å². The number of rotatable bonds is 8. The van der Waals surface area contributed by atoms with Crippen LogP contribution < -0.4 is 14.4 Å². The summed E-state index contributed by atoms with van der Waals surface area (Å²) >= 11 is 0. The van der Waals surface area contributed by atoms with Gasteiger partial charge in [0.15, 0.2) is 11.5 Å². The minimum Gasteiger partial charge on any atom is -0.490 e. The fourth-order valence-electron chi connectivity index (χ4n) is 3.48. The Kier molecular flexibility index (Phi) is 7.30. The van der Waals surface area contributed by atoms with E-state index >= 15 is 0 Å². The van der Waals surface area contributed by atoms with Gasteiger partial charge in [-0.2, -0.15) is 0 Å². The van der Waals surface area contributed by atoms with Crippen molar-refractivity contribution in [2.45, 2.75) is 27.2 Å². The molecule has 32 heavy (non-hydrogen) atoms. The van der Waals surface area contributed by atoms with E-state index in [1.165, 1.54) is 30.2 Å². The van der Waals surface area contributed by atoms with Crippen LogP contribution in [0.4, 0.5) is 10.1 Å². The van der Waals surface area contributed by atoms with Crippen LogP contribution in [0.15, 0.2) is 59.3 Å². The molecule has 6 nitrogen and oxygen atoms in total. The first-order valence-electron chi connectivity index (χ1n) is 10.4. The topological polar surface area (TPSA) is 65.1 Å². The zero-order valence-electron chi connectivity index (χ0n) is 18.6. The number of nitrogens with zero attached hydrogens (tertiary/aromatic N) is 1. The van der Waals surface area contributed by atoms with Crippen LogP contribution in [0.2, 0.25) is 0 Å². The zero-order chi connectivity index (χ0) is 23.3. The summed E-state index contributed by atoms with van der Waals surface area (Å²) in [6.45, 7) is 6.45. The number of benzene rings is 2. The van der Waals surface area contributed by atoms with Gasteiger partial charge in [0.05, 0.1) is 37.2 Å². The fraction of sp³-hybridized carbons (Fsp3) is 0.280. The van der Waals surface area contributed by atoms with Crippen molar-refractivity contribution >= 4 is 23.6 Å². The number of hydrogen-bond acceptors (Lipinski definition) is 5. The number of carbonyl (C=O) groups excluding carboxylic acids is 2. The Labute approximate surface area is 186 Å². The molecular formula is C25H26FNO5. The number of para-hydroxylation sites is 1. The molecule has 0 atom stereocenters. The van der Waals surface area contributed by atoms with Crippen molar-refractivity contribution in [3.8, 4) is 11.5 Å². The number of methoxy groups -OCH3 is 1. The smallest absolute Gasteiger partial charge is 0.340 e. The summed E-state index contributed by atoms with van der Waals surface area (Å²) in [4.78, 5) is 27.0. The van der Waals surface area contributed by atoms with Crippen molar-refractivity contribution in [3.05, 3.63) is 70.7 Å².